The van der Waals surface area contributed by atoms with Crippen LogP contribution in [0.15, 0.2) is 0 Å². The third kappa shape index (κ3) is 249. The molecule has 0 heterocycles. The fourth-order valence-corrected chi connectivity index (χ4v) is 0.0546. The van der Waals surface area contributed by atoms with E-state index in [2.05, 4.69) is 4.74 Å². The Labute approximate surface area is 231 Å². The molecule has 0 aromatic carbocycles. The van der Waals surface area contributed by atoms with E-state index in [1.54, 1.807) is 0 Å². The number of methoxy groups -OCH3 is 1. The van der Waals surface area contributed by atoms with E-state index < -0.39 is 46.4 Å². The fourth-order valence-electron chi connectivity index (χ4n) is 0.0546. The number of carboxylic acids is 1. The van der Waals surface area contributed by atoms with Gasteiger partial charge in [0.25, 0.3) is 0 Å². The molecule has 0 unspecified atom stereocenters. The predicted octanol–water partition coefficient (Wildman–Crippen LogP) is -9.67. The predicted molar refractivity (Wildman–Crippen MR) is 71.2 cm³/mol. The summed E-state index contributed by atoms with van der Waals surface area (Å²) in [5.74, 6) is -2.49. The smallest absolute Gasteiger partial charge is 1.00 e. The van der Waals surface area contributed by atoms with Gasteiger partial charge in [0.15, 0.2) is 6.67 Å². The van der Waals surface area contributed by atoms with E-state index in [1.165, 1.54) is 0 Å². The Morgan fingerprint density at radius 2 is 1.15 bits per heavy atom. The largest absolute Gasteiger partial charge is 1.00 e. The normalized spacial score (nSPS) is 7.65. The Balaban J connectivity index is -0.0000000167. The summed E-state index contributed by atoms with van der Waals surface area (Å²) in [6.45, 7) is -2.42. The van der Waals surface area contributed by atoms with Gasteiger partial charge in [-0.25, -0.2) is 13.6 Å². The number of hydrogen-bond donors (Lipinski definition) is 1. The van der Waals surface area contributed by atoms with Gasteiger partial charge in [-0.15, -0.1) is 24.0 Å². The Hall–Kier alpha value is 2.14. The van der Waals surface area contributed by atoms with Crippen LogP contribution in [0.25, 0.3) is 0 Å². The quantitative estimate of drug-likeness (QED) is 0.0814. The monoisotopic (exact) mass is 586 g/mol. The molecule has 0 spiro atoms. The van der Waals surface area contributed by atoms with Gasteiger partial charge in [0.05, 0.1) is 13.1 Å². The van der Waals surface area contributed by atoms with Gasteiger partial charge in [0, 0.05) is 0 Å². The van der Waals surface area contributed by atoms with Crippen molar-refractivity contribution in [2.24, 2.45) is 0 Å². The summed E-state index contributed by atoms with van der Waals surface area (Å²) in [5.41, 5.74) is 0. The van der Waals surface area contributed by atoms with E-state index >= 15 is 0 Å². The fraction of sp³-hybridized carbons (Fsp3) is 0.600. The SMILES string of the molecule is COC(=O)CF.I.O=C([O-])CF.O=S(=O)(F)F.O=S(=O)(O)F.[H-].[Na+].[Na+].[Na+].[OH-]. The third-order valence-electron chi connectivity index (χ3n) is 0.446. The molecule has 148 valence electrons. The van der Waals surface area contributed by atoms with Gasteiger partial charge >= 0.3 is 116 Å². The minimum absolute atomic E-state index is 0. The van der Waals surface area contributed by atoms with Crippen molar-refractivity contribution in [3.8, 4) is 0 Å². The van der Waals surface area contributed by atoms with Crippen LogP contribution in [0.1, 0.15) is 1.43 Å². The van der Waals surface area contributed by atoms with E-state index in [0.29, 0.717) is 0 Å². The first-order valence-electron chi connectivity index (χ1n) is 3.78. The van der Waals surface area contributed by atoms with Crippen LogP contribution in [-0.4, -0.2) is 59.3 Å². The van der Waals surface area contributed by atoms with Gasteiger partial charge < -0.3 is 21.5 Å². The Bertz CT molecular complexity index is 447. The first kappa shape index (κ1) is 56.6. The van der Waals surface area contributed by atoms with Crippen molar-refractivity contribution in [1.82, 2.24) is 0 Å². The Morgan fingerprint density at radius 3 is 1.15 bits per heavy atom. The third-order valence-corrected chi connectivity index (χ3v) is 0.446. The summed E-state index contributed by atoms with van der Waals surface area (Å²) in [6.07, 6.45) is 0. The van der Waals surface area contributed by atoms with Crippen molar-refractivity contribution in [2.45, 2.75) is 0 Å². The van der Waals surface area contributed by atoms with E-state index in [0.717, 1.165) is 7.11 Å². The van der Waals surface area contributed by atoms with Crippen LogP contribution in [0.2, 0.25) is 0 Å². The first-order chi connectivity index (χ1) is 9.08. The van der Waals surface area contributed by atoms with Gasteiger partial charge in [-0.1, -0.05) is 11.7 Å². The molecule has 0 aliphatic heterocycles. The molecule has 0 aromatic heterocycles. The molecule has 2 N–H and O–H groups in total. The second-order valence-electron chi connectivity index (χ2n) is 2.01. The number of alkyl halides is 2. The molecule has 0 aromatic rings. The molecule has 0 saturated heterocycles. The molecule has 0 radical (unpaired) electrons. The zero-order valence-corrected chi connectivity index (χ0v) is 23.7. The van der Waals surface area contributed by atoms with Crippen LogP contribution >= 0.6 is 24.0 Å². The molecule has 0 amide bonds. The van der Waals surface area contributed by atoms with Crippen molar-refractivity contribution in [1.29, 1.82) is 0 Å². The molecule has 0 atom stereocenters. The number of carbonyl (C=O) groups excluding carboxylic acids is 2. The second kappa shape index (κ2) is 34.6. The molecule has 21 heteroatoms. The molecule has 26 heavy (non-hydrogen) atoms. The van der Waals surface area contributed by atoms with Crippen LogP contribution in [-0.2, 0) is 35.4 Å². The number of carbonyl (C=O) groups is 2. The van der Waals surface area contributed by atoms with Crippen molar-refractivity contribution in [3.05, 3.63) is 0 Å². The van der Waals surface area contributed by atoms with E-state index in [9.17, 15) is 25.2 Å². The van der Waals surface area contributed by atoms with Crippen molar-refractivity contribution >= 4 is 57.0 Å². The summed E-state index contributed by atoms with van der Waals surface area (Å²) in [7, 11) is -9.69. The van der Waals surface area contributed by atoms with Crippen LogP contribution in [0.3, 0.4) is 0 Å². The number of esters is 1. The maximum Gasteiger partial charge on any atom is 1.00 e. The zero-order chi connectivity index (χ0) is 18.3. The molecule has 0 bridgehead atoms. The number of carboxylic acid groups (broad SMARTS) is 1. The maximum absolute atomic E-state index is 10.9. The summed E-state index contributed by atoms with van der Waals surface area (Å²) in [4.78, 5) is 18.5. The molecule has 10 nitrogen and oxygen atoms in total. The Kier molecular flexibility index (Phi) is 75.4. The molecule has 0 rings (SSSR count). The number of rotatable bonds is 2. The van der Waals surface area contributed by atoms with Gasteiger partial charge in [-0.3, -0.25) is 4.55 Å². The Morgan fingerprint density at radius 1 is 1.00 bits per heavy atom. The van der Waals surface area contributed by atoms with E-state index in [1.807, 2.05) is 0 Å². The maximum atomic E-state index is 10.9. The van der Waals surface area contributed by atoms with Gasteiger partial charge in [-0.2, -0.15) is 16.8 Å². The molecule has 0 saturated carbocycles. The summed E-state index contributed by atoms with van der Waals surface area (Å²) < 4.78 is 95.9. The second-order valence-corrected chi connectivity index (χ2v) is 3.59. The van der Waals surface area contributed by atoms with E-state index in [4.69, 9.17) is 31.3 Å². The summed E-state index contributed by atoms with van der Waals surface area (Å²) in [6, 6.07) is 0. The van der Waals surface area contributed by atoms with Crippen LogP contribution in [0.5, 0.6) is 0 Å². The minimum atomic E-state index is -5.67. The molecular formula is C5H11F5INa3O10S2. The molecular weight excluding hydrogens is 575 g/mol. The topological polar surface area (TPSA) is 185 Å². The van der Waals surface area contributed by atoms with Gasteiger partial charge in [-0.05, 0) is 0 Å². The van der Waals surface area contributed by atoms with Crippen molar-refractivity contribution in [2.75, 3.05) is 20.5 Å². The number of aliphatic carboxylic acids is 1. The summed E-state index contributed by atoms with van der Waals surface area (Å²) >= 11 is 0. The van der Waals surface area contributed by atoms with Crippen molar-refractivity contribution in [3.63, 3.8) is 0 Å². The van der Waals surface area contributed by atoms with Gasteiger partial charge in [0.2, 0.25) is 0 Å². The molecule has 0 fully saturated rings. The van der Waals surface area contributed by atoms with Crippen LogP contribution in [0.4, 0.5) is 20.4 Å². The summed E-state index contributed by atoms with van der Waals surface area (Å²) in [5, 5.41) is 8.88. The average Bonchev–Trinajstić information content (AvgIpc) is 2.24. The number of hydrogen-bond acceptors (Lipinski definition) is 9. The van der Waals surface area contributed by atoms with Crippen molar-refractivity contribution < 1.29 is 157 Å². The standard InChI is InChI=1S/C3H5FO2.C2H3FO2.F2O2S.FHO3S.HI.3Na.H2O.H/c1-6-3(5)2-4;3-1-2(4)5;2*1-5(2,3)4;;;;;;/h2H2,1H3;1H2,(H,4,5);;(H,2,3,4);1H;;;;1H2;/q;;;;;3*+1;;-1/p-2. The zero-order valence-electron chi connectivity index (χ0n) is 14.7. The number of ether oxygens (including phenoxy) is 1. The van der Waals surface area contributed by atoms with Crippen LogP contribution in [0, 0.1) is 0 Å². The minimum Gasteiger partial charge on any atom is -1.00 e. The molecule has 0 aliphatic carbocycles. The van der Waals surface area contributed by atoms with E-state index in [-0.39, 0.29) is 120 Å². The van der Waals surface area contributed by atoms with Crippen LogP contribution < -0.4 is 93.8 Å². The molecule has 0 aliphatic rings. The number of halogens is 6. The van der Waals surface area contributed by atoms with Gasteiger partial charge in [0.1, 0.15) is 6.67 Å². The first-order valence-corrected chi connectivity index (χ1v) is 6.40. The average molecular weight is 586 g/mol.